The Morgan fingerprint density at radius 2 is 1.42 bits per heavy atom. The second kappa shape index (κ2) is 9.32. The number of hydrogen-bond donors (Lipinski definition) is 2. The highest BCUT2D eigenvalue weighted by atomic mass is 16.2. The van der Waals surface area contributed by atoms with Gasteiger partial charge in [-0.3, -0.25) is 9.78 Å². The minimum Gasteiger partial charge on any atom is -0.385 e. The highest BCUT2D eigenvalue weighted by Crippen LogP contribution is 2.55. The first kappa shape index (κ1) is 24.2. The molecule has 0 saturated carbocycles. The van der Waals surface area contributed by atoms with Crippen LogP contribution >= 0.6 is 0 Å². The monoisotopic (exact) mass is 502 g/mol. The number of amides is 1. The van der Waals surface area contributed by atoms with Gasteiger partial charge in [0.15, 0.2) is 0 Å². The van der Waals surface area contributed by atoms with Gasteiger partial charge in [0.1, 0.15) is 5.54 Å². The van der Waals surface area contributed by atoms with Gasteiger partial charge in [-0.1, -0.05) is 36.4 Å². The third kappa shape index (κ3) is 3.52. The zero-order valence-corrected chi connectivity index (χ0v) is 22.6. The van der Waals surface area contributed by atoms with Crippen molar-refractivity contribution >= 4 is 17.3 Å². The molecule has 0 unspecified atom stereocenters. The molecule has 4 aromatic rings. The van der Waals surface area contributed by atoms with E-state index in [2.05, 4.69) is 84.6 Å². The van der Waals surface area contributed by atoms with E-state index in [1.807, 2.05) is 30.3 Å². The van der Waals surface area contributed by atoms with Crippen LogP contribution in [0.4, 0.5) is 11.4 Å². The summed E-state index contributed by atoms with van der Waals surface area (Å²) in [5, 5.41) is 7.09. The number of carbonyl (C=O) groups excluding carboxylic acids is 1. The molecular formula is C33H34N4O. The van der Waals surface area contributed by atoms with Gasteiger partial charge < -0.3 is 15.5 Å². The summed E-state index contributed by atoms with van der Waals surface area (Å²) < 4.78 is 0. The maximum absolute atomic E-state index is 14.3. The molecule has 2 heterocycles. The van der Waals surface area contributed by atoms with Gasteiger partial charge in [0, 0.05) is 36.2 Å². The minimum atomic E-state index is -0.737. The van der Waals surface area contributed by atoms with Crippen molar-refractivity contribution in [2.24, 2.45) is 0 Å². The fraction of sp³-hybridized carbons (Fsp3) is 0.273. The number of aryl methyl sites for hydroxylation is 2. The molecule has 1 spiro atoms. The van der Waals surface area contributed by atoms with Crippen LogP contribution in [0.3, 0.4) is 0 Å². The first-order chi connectivity index (χ1) is 18.5. The standard InChI is InChI=1S/C33H34N4O/c1-5-34-30-18-23-17-24-19-31(35-6-2)22(4)16-29(24)33(28(23)15-21(30)3)27-13-8-7-12-26(27)32(38)37(33)20-25-11-9-10-14-36-25/h7-16,18-19,34-35H,5-6,17,20H2,1-4H3. The number of carbonyl (C=O) groups is 1. The van der Waals surface area contributed by atoms with Gasteiger partial charge in [-0.05, 0) is 103 Å². The lowest BCUT2D eigenvalue weighted by atomic mass is 9.67. The van der Waals surface area contributed by atoms with Gasteiger partial charge in [-0.2, -0.15) is 0 Å². The SMILES string of the molecule is CCNc1cc2c(cc1C)C1(c3cc(C)c(NCC)cc3C2)c2ccccc2C(=O)N1Cc1ccccn1. The molecule has 1 amide bonds. The molecule has 0 radical (unpaired) electrons. The first-order valence-corrected chi connectivity index (χ1v) is 13.6. The Morgan fingerprint density at radius 3 is 2.00 bits per heavy atom. The summed E-state index contributed by atoms with van der Waals surface area (Å²) in [6, 6.07) is 23.3. The van der Waals surface area contributed by atoms with Crippen LogP contribution in [0.25, 0.3) is 0 Å². The van der Waals surface area contributed by atoms with Crippen molar-refractivity contribution < 1.29 is 4.79 Å². The molecule has 0 atom stereocenters. The maximum atomic E-state index is 14.3. The molecule has 0 fully saturated rings. The molecule has 1 aromatic heterocycles. The molecule has 0 bridgehead atoms. The van der Waals surface area contributed by atoms with Gasteiger partial charge in [0.05, 0.1) is 12.2 Å². The van der Waals surface area contributed by atoms with E-state index in [0.29, 0.717) is 6.54 Å². The molecule has 1 aliphatic carbocycles. The van der Waals surface area contributed by atoms with E-state index in [4.69, 9.17) is 0 Å². The normalized spacial score (nSPS) is 14.7. The van der Waals surface area contributed by atoms with E-state index in [1.165, 1.54) is 33.4 Å². The molecule has 5 nitrogen and oxygen atoms in total. The smallest absolute Gasteiger partial charge is 0.255 e. The zero-order chi connectivity index (χ0) is 26.4. The minimum absolute atomic E-state index is 0.0480. The van der Waals surface area contributed by atoms with Crippen molar-refractivity contribution in [3.63, 3.8) is 0 Å². The first-order valence-electron chi connectivity index (χ1n) is 13.6. The number of nitrogens with zero attached hydrogens (tertiary/aromatic N) is 2. The van der Waals surface area contributed by atoms with E-state index in [1.54, 1.807) is 6.20 Å². The van der Waals surface area contributed by atoms with Gasteiger partial charge in [-0.25, -0.2) is 0 Å². The number of aromatic nitrogens is 1. The second-order valence-electron chi connectivity index (χ2n) is 10.4. The van der Waals surface area contributed by atoms with E-state index in [0.717, 1.165) is 47.7 Å². The predicted molar refractivity (Wildman–Crippen MR) is 154 cm³/mol. The van der Waals surface area contributed by atoms with Crippen LogP contribution in [-0.2, 0) is 18.5 Å². The third-order valence-electron chi connectivity index (χ3n) is 8.04. The van der Waals surface area contributed by atoms with Crippen LogP contribution in [0.2, 0.25) is 0 Å². The number of anilines is 2. The molecule has 6 rings (SSSR count). The van der Waals surface area contributed by atoms with E-state index >= 15 is 0 Å². The largest absolute Gasteiger partial charge is 0.385 e. The number of benzene rings is 3. The Hall–Kier alpha value is -4.12. The molecule has 2 N–H and O–H groups in total. The Balaban J connectivity index is 1.70. The Kier molecular flexibility index (Phi) is 5.94. The number of rotatable bonds is 6. The molecule has 3 aromatic carbocycles. The van der Waals surface area contributed by atoms with Gasteiger partial charge in [-0.15, -0.1) is 0 Å². The van der Waals surface area contributed by atoms with Crippen LogP contribution in [0.1, 0.15) is 68.8 Å². The van der Waals surface area contributed by atoms with Crippen molar-refractivity contribution in [1.29, 1.82) is 0 Å². The molecule has 2 aliphatic rings. The molecule has 5 heteroatoms. The van der Waals surface area contributed by atoms with Crippen LogP contribution in [0.5, 0.6) is 0 Å². The molecular weight excluding hydrogens is 468 g/mol. The summed E-state index contributed by atoms with van der Waals surface area (Å²) in [5.74, 6) is 0.0480. The fourth-order valence-electron chi connectivity index (χ4n) is 6.44. The van der Waals surface area contributed by atoms with Crippen molar-refractivity contribution in [3.05, 3.63) is 123 Å². The molecule has 1 aliphatic heterocycles. The van der Waals surface area contributed by atoms with Crippen LogP contribution in [0.15, 0.2) is 72.9 Å². The Morgan fingerprint density at radius 1 is 0.816 bits per heavy atom. The van der Waals surface area contributed by atoms with E-state index in [-0.39, 0.29) is 5.91 Å². The highest BCUT2D eigenvalue weighted by molar-refractivity contribution is 6.02. The quantitative estimate of drug-likeness (QED) is 0.320. The topological polar surface area (TPSA) is 57.3 Å². The van der Waals surface area contributed by atoms with Crippen LogP contribution < -0.4 is 10.6 Å². The zero-order valence-electron chi connectivity index (χ0n) is 22.6. The van der Waals surface area contributed by atoms with Crippen molar-refractivity contribution in [1.82, 2.24) is 9.88 Å². The summed E-state index contributed by atoms with van der Waals surface area (Å²) in [6.07, 6.45) is 2.62. The van der Waals surface area contributed by atoms with Crippen molar-refractivity contribution in [2.45, 2.75) is 46.2 Å². The summed E-state index contributed by atoms with van der Waals surface area (Å²) in [7, 11) is 0. The van der Waals surface area contributed by atoms with E-state index in [9.17, 15) is 4.79 Å². The van der Waals surface area contributed by atoms with Gasteiger partial charge in [0.2, 0.25) is 0 Å². The average molecular weight is 503 g/mol. The molecule has 0 saturated heterocycles. The predicted octanol–water partition coefficient (Wildman–Crippen LogP) is 6.41. The lowest BCUT2D eigenvalue weighted by Gasteiger charge is -2.45. The van der Waals surface area contributed by atoms with Crippen LogP contribution in [-0.4, -0.2) is 28.9 Å². The second-order valence-corrected chi connectivity index (χ2v) is 10.4. The third-order valence-corrected chi connectivity index (χ3v) is 8.04. The maximum Gasteiger partial charge on any atom is 0.255 e. The van der Waals surface area contributed by atoms with Crippen molar-refractivity contribution in [3.8, 4) is 0 Å². The summed E-state index contributed by atoms with van der Waals surface area (Å²) >= 11 is 0. The fourth-order valence-corrected chi connectivity index (χ4v) is 6.44. The van der Waals surface area contributed by atoms with Gasteiger partial charge in [0.25, 0.3) is 5.91 Å². The summed E-state index contributed by atoms with van der Waals surface area (Å²) in [4.78, 5) is 21.0. The van der Waals surface area contributed by atoms with Gasteiger partial charge >= 0.3 is 0 Å². The number of nitrogens with one attached hydrogen (secondary N) is 2. The van der Waals surface area contributed by atoms with Crippen LogP contribution in [0, 0.1) is 13.8 Å². The van der Waals surface area contributed by atoms with Crippen molar-refractivity contribution in [2.75, 3.05) is 23.7 Å². The Bertz CT molecular complexity index is 1480. The summed E-state index contributed by atoms with van der Waals surface area (Å²) in [5.41, 5.74) is 11.5. The lowest BCUT2D eigenvalue weighted by Crippen LogP contribution is -2.48. The number of fused-ring (bicyclic) bond motifs is 6. The average Bonchev–Trinajstić information content (AvgIpc) is 3.16. The summed E-state index contributed by atoms with van der Waals surface area (Å²) in [6.45, 7) is 10.7. The molecule has 38 heavy (non-hydrogen) atoms. The Labute approximate surface area is 224 Å². The molecule has 192 valence electrons. The highest BCUT2D eigenvalue weighted by Gasteiger charge is 2.55. The number of pyridine rings is 1. The number of hydrogen-bond acceptors (Lipinski definition) is 4. The van der Waals surface area contributed by atoms with E-state index < -0.39 is 5.54 Å². The lowest BCUT2D eigenvalue weighted by molar-refractivity contribution is 0.0650.